The van der Waals surface area contributed by atoms with Gasteiger partial charge in [-0.1, -0.05) is 11.6 Å². The van der Waals surface area contributed by atoms with Gasteiger partial charge in [-0.3, -0.25) is 4.99 Å². The van der Waals surface area contributed by atoms with Crippen molar-refractivity contribution >= 4 is 17.6 Å². The van der Waals surface area contributed by atoms with E-state index in [9.17, 15) is 0 Å². The summed E-state index contributed by atoms with van der Waals surface area (Å²) in [5.74, 6) is 3.04. The molecule has 7 heteroatoms. The lowest BCUT2D eigenvalue weighted by Crippen LogP contribution is -2.40. The second kappa shape index (κ2) is 8.59. The molecule has 0 radical (unpaired) electrons. The molecule has 130 valence electrons. The minimum absolute atomic E-state index is 0.490. The van der Waals surface area contributed by atoms with Crippen LogP contribution in [-0.2, 0) is 6.54 Å². The van der Waals surface area contributed by atoms with Crippen molar-refractivity contribution in [3.05, 3.63) is 46.6 Å². The van der Waals surface area contributed by atoms with E-state index in [-0.39, 0.29) is 0 Å². The van der Waals surface area contributed by atoms with Gasteiger partial charge in [-0.15, -0.1) is 0 Å². The fourth-order valence-electron chi connectivity index (χ4n) is 2.09. The van der Waals surface area contributed by atoms with Crippen LogP contribution in [-0.4, -0.2) is 43.1 Å². The van der Waals surface area contributed by atoms with E-state index in [2.05, 4.69) is 15.3 Å². The highest BCUT2D eigenvalue weighted by Crippen LogP contribution is 2.15. The van der Waals surface area contributed by atoms with Crippen molar-refractivity contribution in [2.75, 3.05) is 27.2 Å². The number of guanidine groups is 1. The van der Waals surface area contributed by atoms with E-state index in [1.807, 2.05) is 37.9 Å². The van der Waals surface area contributed by atoms with Crippen molar-refractivity contribution in [2.24, 2.45) is 4.99 Å². The fourth-order valence-corrected chi connectivity index (χ4v) is 2.22. The van der Waals surface area contributed by atoms with E-state index < -0.39 is 0 Å². The van der Waals surface area contributed by atoms with Gasteiger partial charge in [0.05, 0.1) is 18.8 Å². The average molecular weight is 351 g/mol. The number of ether oxygens (including phenoxy) is 1. The molecule has 0 saturated carbocycles. The zero-order chi connectivity index (χ0) is 17.5. The summed E-state index contributed by atoms with van der Waals surface area (Å²) >= 11 is 5.85. The number of likely N-dealkylation sites (N-methyl/N-ethyl adjacent to an activating group) is 1. The van der Waals surface area contributed by atoms with Gasteiger partial charge in [0.15, 0.2) is 5.96 Å². The van der Waals surface area contributed by atoms with Gasteiger partial charge in [-0.25, -0.2) is 4.98 Å². The molecule has 2 aromatic rings. The summed E-state index contributed by atoms with van der Waals surface area (Å²) in [5, 5.41) is 3.92. The Bertz CT molecular complexity index is 663. The molecule has 1 aromatic heterocycles. The highest BCUT2D eigenvalue weighted by molar-refractivity contribution is 6.30. The molecule has 0 saturated heterocycles. The van der Waals surface area contributed by atoms with Crippen LogP contribution in [0.1, 0.15) is 17.3 Å². The summed E-state index contributed by atoms with van der Waals surface area (Å²) in [5.41, 5.74) is 0.909. The molecule has 0 amide bonds. The van der Waals surface area contributed by atoms with E-state index in [1.54, 1.807) is 19.2 Å². The van der Waals surface area contributed by atoms with Gasteiger partial charge in [0.25, 0.3) is 0 Å². The van der Waals surface area contributed by atoms with Gasteiger partial charge in [0.2, 0.25) is 5.89 Å². The maximum atomic E-state index is 5.85. The van der Waals surface area contributed by atoms with Crippen LogP contribution in [0.4, 0.5) is 0 Å². The number of aromatic nitrogens is 1. The molecule has 0 spiro atoms. The minimum Gasteiger partial charge on any atom is -0.492 e. The molecule has 1 N–H and O–H groups in total. The lowest BCUT2D eigenvalue weighted by molar-refractivity contribution is 0.281. The molecule has 24 heavy (non-hydrogen) atoms. The molecule has 0 unspecified atom stereocenters. The third-order valence-corrected chi connectivity index (χ3v) is 3.80. The van der Waals surface area contributed by atoms with E-state index in [0.717, 1.165) is 23.2 Å². The third kappa shape index (κ3) is 5.16. The highest BCUT2D eigenvalue weighted by Gasteiger charge is 2.09. The number of nitrogens with one attached hydrogen (secondary N) is 1. The monoisotopic (exact) mass is 350 g/mol. The topological polar surface area (TPSA) is 62.9 Å². The first-order valence-electron chi connectivity index (χ1n) is 7.72. The largest absolute Gasteiger partial charge is 0.492 e. The van der Waals surface area contributed by atoms with Crippen LogP contribution in [0.5, 0.6) is 5.75 Å². The minimum atomic E-state index is 0.490. The Labute approximate surface area is 147 Å². The van der Waals surface area contributed by atoms with Crippen molar-refractivity contribution in [1.29, 1.82) is 0 Å². The van der Waals surface area contributed by atoms with E-state index in [0.29, 0.717) is 30.6 Å². The van der Waals surface area contributed by atoms with Crippen molar-refractivity contribution in [3.8, 4) is 5.75 Å². The first kappa shape index (κ1) is 18.1. The van der Waals surface area contributed by atoms with Crippen molar-refractivity contribution in [1.82, 2.24) is 15.2 Å². The molecule has 1 heterocycles. The Kier molecular flexibility index (Phi) is 6.49. The summed E-state index contributed by atoms with van der Waals surface area (Å²) < 4.78 is 11.2. The van der Waals surface area contributed by atoms with Crippen LogP contribution in [0.3, 0.4) is 0 Å². The third-order valence-electron chi connectivity index (χ3n) is 3.55. The lowest BCUT2D eigenvalue weighted by atomic mass is 10.3. The molecule has 2 rings (SSSR count). The van der Waals surface area contributed by atoms with Gasteiger partial charge in [0, 0.05) is 19.1 Å². The molecule has 0 bridgehead atoms. The summed E-state index contributed by atoms with van der Waals surface area (Å²) in [6, 6.07) is 7.31. The quantitative estimate of drug-likeness (QED) is 0.641. The second-order valence-electron chi connectivity index (χ2n) is 5.37. The molecule has 6 nitrogen and oxygen atoms in total. The van der Waals surface area contributed by atoms with Crippen LogP contribution in [0.15, 0.2) is 33.7 Å². The normalized spacial score (nSPS) is 11.5. The highest BCUT2D eigenvalue weighted by atomic mass is 35.5. The van der Waals surface area contributed by atoms with Gasteiger partial charge in [-0.2, -0.15) is 0 Å². The average Bonchev–Trinajstić information content (AvgIpc) is 2.88. The number of rotatable bonds is 6. The Morgan fingerprint density at radius 1 is 1.33 bits per heavy atom. The Morgan fingerprint density at radius 2 is 2.04 bits per heavy atom. The summed E-state index contributed by atoms with van der Waals surface area (Å²) in [7, 11) is 3.69. The first-order chi connectivity index (χ1) is 11.5. The zero-order valence-corrected chi connectivity index (χ0v) is 15.2. The SMILES string of the molecule is CN=C(NCc1nc(C)c(C)o1)N(C)CCOc1ccc(Cl)cc1. The number of aliphatic imine (C=N–C) groups is 1. The molecule has 0 aliphatic rings. The van der Waals surface area contributed by atoms with Gasteiger partial charge < -0.3 is 19.4 Å². The van der Waals surface area contributed by atoms with Gasteiger partial charge in [0.1, 0.15) is 18.1 Å². The van der Waals surface area contributed by atoms with Crippen LogP contribution in [0.25, 0.3) is 0 Å². The van der Waals surface area contributed by atoms with Crippen LogP contribution in [0, 0.1) is 13.8 Å². The molecule has 0 fully saturated rings. The van der Waals surface area contributed by atoms with Crippen molar-refractivity contribution in [3.63, 3.8) is 0 Å². The summed E-state index contributed by atoms with van der Waals surface area (Å²) in [4.78, 5) is 10.6. The molecule has 0 aliphatic carbocycles. The van der Waals surface area contributed by atoms with E-state index in [1.165, 1.54) is 0 Å². The Hall–Kier alpha value is -2.21. The first-order valence-corrected chi connectivity index (χ1v) is 8.10. The number of hydrogen-bond donors (Lipinski definition) is 1. The molecule has 1 aromatic carbocycles. The van der Waals surface area contributed by atoms with E-state index in [4.69, 9.17) is 20.8 Å². The number of hydrogen-bond acceptors (Lipinski definition) is 4. The maximum Gasteiger partial charge on any atom is 0.214 e. The van der Waals surface area contributed by atoms with Crippen molar-refractivity contribution in [2.45, 2.75) is 20.4 Å². The standard InChI is InChI=1S/C17H23ClN4O2/c1-12-13(2)24-16(21-12)11-20-17(19-3)22(4)9-10-23-15-7-5-14(18)6-8-15/h5-8H,9-11H2,1-4H3,(H,19,20). The smallest absolute Gasteiger partial charge is 0.214 e. The van der Waals surface area contributed by atoms with Crippen LogP contribution < -0.4 is 10.1 Å². The fraction of sp³-hybridized carbons (Fsp3) is 0.412. The van der Waals surface area contributed by atoms with E-state index >= 15 is 0 Å². The molecule has 0 atom stereocenters. The number of halogens is 1. The van der Waals surface area contributed by atoms with Gasteiger partial charge in [-0.05, 0) is 38.1 Å². The predicted octanol–water partition coefficient (Wildman–Crippen LogP) is 3.03. The Morgan fingerprint density at radius 3 is 2.62 bits per heavy atom. The molecule has 0 aliphatic heterocycles. The second-order valence-corrected chi connectivity index (χ2v) is 5.81. The summed E-state index contributed by atoms with van der Waals surface area (Å²) in [6.07, 6.45) is 0. The van der Waals surface area contributed by atoms with Crippen molar-refractivity contribution < 1.29 is 9.15 Å². The zero-order valence-electron chi connectivity index (χ0n) is 14.5. The number of nitrogens with zero attached hydrogens (tertiary/aromatic N) is 3. The molecular formula is C17H23ClN4O2. The number of oxazole rings is 1. The number of benzene rings is 1. The van der Waals surface area contributed by atoms with Crippen LogP contribution in [0.2, 0.25) is 5.02 Å². The molecular weight excluding hydrogens is 328 g/mol. The Balaban J connectivity index is 1.78. The van der Waals surface area contributed by atoms with Crippen LogP contribution >= 0.6 is 11.6 Å². The maximum absolute atomic E-state index is 5.85. The lowest BCUT2D eigenvalue weighted by Gasteiger charge is -2.21. The predicted molar refractivity (Wildman–Crippen MR) is 95.8 cm³/mol. The number of aryl methyl sites for hydroxylation is 2. The summed E-state index contributed by atoms with van der Waals surface area (Å²) in [6.45, 7) is 5.55. The van der Waals surface area contributed by atoms with Gasteiger partial charge >= 0.3 is 0 Å².